The summed E-state index contributed by atoms with van der Waals surface area (Å²) in [4.78, 5) is 25.9. The largest absolute Gasteiger partial charge is 0.352 e. The molecule has 0 aliphatic carbocycles. The second-order valence-electron chi connectivity index (χ2n) is 5.35. The molecule has 0 spiro atoms. The van der Waals surface area contributed by atoms with Gasteiger partial charge in [0.25, 0.3) is 11.8 Å². The Hall–Kier alpha value is -2.53. The van der Waals surface area contributed by atoms with Gasteiger partial charge in [-0.05, 0) is 30.7 Å². The Morgan fingerprint density at radius 3 is 2.44 bits per heavy atom. The standard InChI is InChI=1S/C20H22N2O2S/c1-3-13-21-19(23)15-9-5-7-11-17(15)22-20(24)16-10-6-8-12-18(16)25-14-4-2/h4-12H,2-3,13-14H2,1H3,(H,21,23)(H,22,24). The third-order valence-corrected chi connectivity index (χ3v) is 4.51. The number of anilines is 1. The Morgan fingerprint density at radius 2 is 1.72 bits per heavy atom. The number of carbonyl (C=O) groups is 2. The monoisotopic (exact) mass is 354 g/mol. The summed E-state index contributed by atoms with van der Waals surface area (Å²) in [5.74, 6) is 0.301. The molecule has 4 nitrogen and oxygen atoms in total. The van der Waals surface area contributed by atoms with Crippen LogP contribution in [0.1, 0.15) is 34.1 Å². The van der Waals surface area contributed by atoms with Gasteiger partial charge in [-0.2, -0.15) is 0 Å². The molecule has 0 aliphatic heterocycles. The Kier molecular flexibility index (Phi) is 7.29. The lowest BCUT2D eigenvalue weighted by Crippen LogP contribution is -2.25. The van der Waals surface area contributed by atoms with Crippen LogP contribution in [0, 0.1) is 0 Å². The summed E-state index contributed by atoms with van der Waals surface area (Å²) in [6.07, 6.45) is 2.65. The highest BCUT2D eigenvalue weighted by Crippen LogP contribution is 2.24. The summed E-state index contributed by atoms with van der Waals surface area (Å²) in [5.41, 5.74) is 1.54. The smallest absolute Gasteiger partial charge is 0.256 e. The zero-order chi connectivity index (χ0) is 18.1. The van der Waals surface area contributed by atoms with Crippen LogP contribution in [0.25, 0.3) is 0 Å². The average molecular weight is 354 g/mol. The Morgan fingerprint density at radius 1 is 1.04 bits per heavy atom. The minimum atomic E-state index is -0.233. The number of nitrogens with one attached hydrogen (secondary N) is 2. The van der Waals surface area contributed by atoms with Crippen LogP contribution in [-0.4, -0.2) is 24.1 Å². The van der Waals surface area contributed by atoms with E-state index in [9.17, 15) is 9.59 Å². The Labute approximate surface area is 152 Å². The SMILES string of the molecule is C=CCSc1ccccc1C(=O)Nc1ccccc1C(=O)NCCC. The first-order valence-corrected chi connectivity index (χ1v) is 9.17. The van der Waals surface area contributed by atoms with Crippen LogP contribution in [-0.2, 0) is 0 Å². The molecule has 0 aliphatic rings. The van der Waals surface area contributed by atoms with E-state index in [1.165, 1.54) is 0 Å². The van der Waals surface area contributed by atoms with Gasteiger partial charge in [0.1, 0.15) is 0 Å². The number of hydrogen-bond acceptors (Lipinski definition) is 3. The highest BCUT2D eigenvalue weighted by molar-refractivity contribution is 7.99. The lowest BCUT2D eigenvalue weighted by molar-refractivity contribution is 0.0954. The van der Waals surface area contributed by atoms with Gasteiger partial charge in [0.2, 0.25) is 0 Å². The molecular weight excluding hydrogens is 332 g/mol. The van der Waals surface area contributed by atoms with E-state index in [0.717, 1.165) is 17.1 Å². The highest BCUT2D eigenvalue weighted by Gasteiger charge is 2.15. The van der Waals surface area contributed by atoms with Gasteiger partial charge < -0.3 is 10.6 Å². The number of benzene rings is 2. The molecule has 0 unspecified atom stereocenters. The second kappa shape index (κ2) is 9.69. The molecule has 2 aromatic carbocycles. The number of para-hydroxylation sites is 1. The fourth-order valence-corrected chi connectivity index (χ4v) is 3.03. The van der Waals surface area contributed by atoms with Gasteiger partial charge in [0.05, 0.1) is 16.8 Å². The number of rotatable bonds is 8. The van der Waals surface area contributed by atoms with E-state index >= 15 is 0 Å². The molecule has 0 aromatic heterocycles. The van der Waals surface area contributed by atoms with E-state index in [-0.39, 0.29) is 11.8 Å². The number of thioether (sulfide) groups is 1. The van der Waals surface area contributed by atoms with Crippen molar-refractivity contribution in [1.29, 1.82) is 0 Å². The maximum Gasteiger partial charge on any atom is 0.256 e. The first-order valence-electron chi connectivity index (χ1n) is 8.18. The predicted octanol–water partition coefficient (Wildman–Crippen LogP) is 4.36. The van der Waals surface area contributed by atoms with Crippen molar-refractivity contribution in [3.05, 3.63) is 72.3 Å². The molecule has 2 aromatic rings. The maximum atomic E-state index is 12.7. The molecule has 0 saturated carbocycles. The zero-order valence-electron chi connectivity index (χ0n) is 14.2. The highest BCUT2D eigenvalue weighted by atomic mass is 32.2. The van der Waals surface area contributed by atoms with E-state index in [2.05, 4.69) is 17.2 Å². The summed E-state index contributed by atoms with van der Waals surface area (Å²) in [7, 11) is 0. The molecule has 0 heterocycles. The van der Waals surface area contributed by atoms with Gasteiger partial charge >= 0.3 is 0 Å². The van der Waals surface area contributed by atoms with Crippen molar-refractivity contribution in [3.63, 3.8) is 0 Å². The quantitative estimate of drug-likeness (QED) is 0.547. The number of carbonyl (C=O) groups excluding carboxylic acids is 2. The molecule has 0 fully saturated rings. The molecule has 0 radical (unpaired) electrons. The van der Waals surface area contributed by atoms with Crippen LogP contribution in [0.4, 0.5) is 5.69 Å². The minimum absolute atomic E-state index is 0.188. The molecule has 2 rings (SSSR count). The van der Waals surface area contributed by atoms with E-state index in [4.69, 9.17) is 0 Å². The molecular formula is C20H22N2O2S. The van der Waals surface area contributed by atoms with E-state index in [1.807, 2.05) is 25.1 Å². The van der Waals surface area contributed by atoms with Crippen LogP contribution in [0.15, 0.2) is 66.1 Å². The fraction of sp³-hybridized carbons (Fsp3) is 0.200. The summed E-state index contributed by atoms with van der Waals surface area (Å²) < 4.78 is 0. The molecule has 2 N–H and O–H groups in total. The molecule has 130 valence electrons. The first-order chi connectivity index (χ1) is 12.2. The van der Waals surface area contributed by atoms with Crippen molar-refractivity contribution in [2.24, 2.45) is 0 Å². The van der Waals surface area contributed by atoms with Crippen LogP contribution < -0.4 is 10.6 Å². The molecule has 2 amide bonds. The lowest BCUT2D eigenvalue weighted by atomic mass is 10.1. The molecule has 25 heavy (non-hydrogen) atoms. The van der Waals surface area contributed by atoms with Crippen molar-refractivity contribution in [2.75, 3.05) is 17.6 Å². The topological polar surface area (TPSA) is 58.2 Å². The molecule has 0 atom stereocenters. The summed E-state index contributed by atoms with van der Waals surface area (Å²) >= 11 is 1.55. The molecule has 0 bridgehead atoms. The minimum Gasteiger partial charge on any atom is -0.352 e. The van der Waals surface area contributed by atoms with Crippen LogP contribution in [0.5, 0.6) is 0 Å². The Balaban J connectivity index is 2.21. The van der Waals surface area contributed by atoms with Crippen molar-refractivity contribution in [1.82, 2.24) is 5.32 Å². The maximum absolute atomic E-state index is 12.7. The van der Waals surface area contributed by atoms with Gasteiger partial charge in [-0.3, -0.25) is 9.59 Å². The first kappa shape index (κ1) is 18.8. The third-order valence-electron chi connectivity index (χ3n) is 3.44. The predicted molar refractivity (Wildman–Crippen MR) is 104 cm³/mol. The van der Waals surface area contributed by atoms with Crippen LogP contribution in [0.2, 0.25) is 0 Å². The molecule has 0 saturated heterocycles. The van der Waals surface area contributed by atoms with Crippen molar-refractivity contribution >= 4 is 29.3 Å². The van der Waals surface area contributed by atoms with Crippen LogP contribution >= 0.6 is 11.8 Å². The lowest BCUT2D eigenvalue weighted by Gasteiger charge is -2.13. The summed E-state index contributed by atoms with van der Waals surface area (Å²) in [6, 6.07) is 14.4. The molecule has 5 heteroatoms. The van der Waals surface area contributed by atoms with E-state index in [1.54, 1.807) is 48.2 Å². The number of hydrogen-bond donors (Lipinski definition) is 2. The van der Waals surface area contributed by atoms with Gasteiger partial charge in [-0.1, -0.05) is 37.3 Å². The van der Waals surface area contributed by atoms with Crippen molar-refractivity contribution < 1.29 is 9.59 Å². The average Bonchev–Trinajstić information content (AvgIpc) is 2.65. The van der Waals surface area contributed by atoms with Gasteiger partial charge in [-0.25, -0.2) is 0 Å². The van der Waals surface area contributed by atoms with Crippen molar-refractivity contribution in [3.8, 4) is 0 Å². The summed E-state index contributed by atoms with van der Waals surface area (Å²) in [6.45, 7) is 6.30. The van der Waals surface area contributed by atoms with E-state index < -0.39 is 0 Å². The fourth-order valence-electron chi connectivity index (χ4n) is 2.24. The van der Waals surface area contributed by atoms with Gasteiger partial charge in [-0.15, -0.1) is 18.3 Å². The third kappa shape index (κ3) is 5.22. The summed E-state index contributed by atoms with van der Waals surface area (Å²) in [5, 5.41) is 5.70. The number of amides is 2. The van der Waals surface area contributed by atoms with Gasteiger partial charge in [0, 0.05) is 17.2 Å². The Bertz CT molecular complexity index is 759. The van der Waals surface area contributed by atoms with E-state index in [0.29, 0.717) is 23.4 Å². The normalized spacial score (nSPS) is 10.1. The van der Waals surface area contributed by atoms with Crippen LogP contribution in [0.3, 0.4) is 0 Å². The zero-order valence-corrected chi connectivity index (χ0v) is 15.1. The van der Waals surface area contributed by atoms with Crippen molar-refractivity contribution in [2.45, 2.75) is 18.2 Å². The second-order valence-corrected chi connectivity index (χ2v) is 6.41. The van der Waals surface area contributed by atoms with Gasteiger partial charge in [0.15, 0.2) is 0 Å².